The largest absolute Gasteiger partial charge is 0.486 e. The van der Waals surface area contributed by atoms with Gasteiger partial charge in [-0.15, -0.1) is 0 Å². The maximum absolute atomic E-state index is 12.8. The highest BCUT2D eigenvalue weighted by Crippen LogP contribution is 2.16. The summed E-state index contributed by atoms with van der Waals surface area (Å²) in [6, 6.07) is 10.7. The standard InChI is InChI=1S/C17H12ClFN2O5S/c18-16-8-6-14(9-20-16)27(23,24)21-17(22)15-7-5-13(26-15)10-25-12-3-1-11(19)2-4-12/h1-9H,10H2,(H,21,22). The molecule has 3 aromatic rings. The monoisotopic (exact) mass is 410 g/mol. The second kappa shape index (κ2) is 7.77. The number of aromatic nitrogens is 1. The molecule has 140 valence electrons. The van der Waals surface area contributed by atoms with Gasteiger partial charge in [0, 0.05) is 6.20 Å². The number of amides is 1. The molecule has 1 amide bonds. The Morgan fingerprint density at radius 1 is 1.15 bits per heavy atom. The summed E-state index contributed by atoms with van der Waals surface area (Å²) in [5.74, 6) is -0.848. The summed E-state index contributed by atoms with van der Waals surface area (Å²) in [6.07, 6.45) is 1.03. The lowest BCUT2D eigenvalue weighted by Gasteiger charge is -2.05. The normalized spacial score (nSPS) is 11.2. The molecule has 0 aliphatic carbocycles. The maximum atomic E-state index is 12.8. The van der Waals surface area contributed by atoms with E-state index in [1.54, 1.807) is 0 Å². The van der Waals surface area contributed by atoms with Gasteiger partial charge in [-0.1, -0.05) is 11.6 Å². The van der Waals surface area contributed by atoms with E-state index in [1.165, 1.54) is 48.5 Å². The number of rotatable bonds is 6. The number of ether oxygens (including phenoxy) is 1. The van der Waals surface area contributed by atoms with E-state index in [4.69, 9.17) is 20.8 Å². The van der Waals surface area contributed by atoms with Gasteiger partial charge < -0.3 is 9.15 Å². The summed E-state index contributed by atoms with van der Waals surface area (Å²) in [5.41, 5.74) is 0. The quantitative estimate of drug-likeness (QED) is 0.627. The van der Waals surface area contributed by atoms with Gasteiger partial charge in [0.15, 0.2) is 5.76 Å². The van der Waals surface area contributed by atoms with Gasteiger partial charge in [-0.2, -0.15) is 0 Å². The van der Waals surface area contributed by atoms with E-state index in [2.05, 4.69) is 4.98 Å². The lowest BCUT2D eigenvalue weighted by molar-refractivity contribution is 0.0950. The first-order valence-electron chi connectivity index (χ1n) is 7.49. The lowest BCUT2D eigenvalue weighted by atomic mass is 10.3. The average Bonchev–Trinajstić information content (AvgIpc) is 3.10. The molecule has 0 fully saturated rings. The van der Waals surface area contributed by atoms with Crippen molar-refractivity contribution in [1.29, 1.82) is 0 Å². The van der Waals surface area contributed by atoms with Gasteiger partial charge in [0.05, 0.1) is 0 Å². The molecule has 0 aliphatic rings. The number of nitrogens with zero attached hydrogens (tertiary/aromatic N) is 1. The summed E-state index contributed by atoms with van der Waals surface area (Å²) >= 11 is 5.61. The van der Waals surface area contributed by atoms with E-state index >= 15 is 0 Å². The van der Waals surface area contributed by atoms with Crippen molar-refractivity contribution in [2.45, 2.75) is 11.5 Å². The molecule has 0 atom stereocenters. The van der Waals surface area contributed by atoms with Gasteiger partial charge in [-0.25, -0.2) is 22.5 Å². The van der Waals surface area contributed by atoms with E-state index in [-0.39, 0.29) is 28.2 Å². The third-order valence-corrected chi connectivity index (χ3v) is 4.86. The van der Waals surface area contributed by atoms with Crippen LogP contribution >= 0.6 is 11.6 Å². The number of carbonyl (C=O) groups is 1. The molecule has 2 aromatic heterocycles. The van der Waals surface area contributed by atoms with Crippen LogP contribution in [0, 0.1) is 5.82 Å². The summed E-state index contributed by atoms with van der Waals surface area (Å²) in [7, 11) is -4.12. The number of benzene rings is 1. The van der Waals surface area contributed by atoms with Crippen LogP contribution in [0.15, 0.2) is 64.0 Å². The molecule has 0 saturated carbocycles. The van der Waals surface area contributed by atoms with Crippen LogP contribution in [0.25, 0.3) is 0 Å². The minimum Gasteiger partial charge on any atom is -0.486 e. The molecule has 27 heavy (non-hydrogen) atoms. The minimum atomic E-state index is -4.12. The van der Waals surface area contributed by atoms with Crippen molar-refractivity contribution in [3.63, 3.8) is 0 Å². The Bertz CT molecular complexity index is 1050. The van der Waals surface area contributed by atoms with Crippen LogP contribution in [0.2, 0.25) is 5.15 Å². The predicted molar refractivity (Wildman–Crippen MR) is 93.3 cm³/mol. The van der Waals surface area contributed by atoms with Gasteiger partial charge >= 0.3 is 5.91 Å². The van der Waals surface area contributed by atoms with Crippen molar-refractivity contribution >= 4 is 27.5 Å². The molecule has 0 radical (unpaired) electrons. The summed E-state index contributed by atoms with van der Waals surface area (Å²) in [4.78, 5) is 15.6. The highest BCUT2D eigenvalue weighted by Gasteiger charge is 2.21. The van der Waals surface area contributed by atoms with Gasteiger partial charge in [0.2, 0.25) is 0 Å². The molecule has 0 aliphatic heterocycles. The Morgan fingerprint density at radius 2 is 1.89 bits per heavy atom. The van der Waals surface area contributed by atoms with Crippen molar-refractivity contribution in [2.75, 3.05) is 0 Å². The SMILES string of the molecule is O=C(NS(=O)(=O)c1ccc(Cl)nc1)c1ccc(COc2ccc(F)cc2)o1. The van der Waals surface area contributed by atoms with Gasteiger partial charge in [-0.05, 0) is 48.5 Å². The van der Waals surface area contributed by atoms with Crippen LogP contribution in [0.1, 0.15) is 16.3 Å². The number of hydrogen-bond acceptors (Lipinski definition) is 6. The number of sulfonamides is 1. The zero-order chi connectivity index (χ0) is 19.4. The van der Waals surface area contributed by atoms with Gasteiger partial charge in [0.1, 0.15) is 34.0 Å². The number of nitrogens with one attached hydrogen (secondary N) is 1. The highest BCUT2D eigenvalue weighted by molar-refractivity contribution is 7.90. The van der Waals surface area contributed by atoms with E-state index in [9.17, 15) is 17.6 Å². The minimum absolute atomic E-state index is 0.0211. The fraction of sp³-hybridized carbons (Fsp3) is 0.0588. The average molecular weight is 411 g/mol. The van der Waals surface area contributed by atoms with Crippen LogP contribution < -0.4 is 9.46 Å². The number of halogens is 2. The van der Waals surface area contributed by atoms with E-state index in [0.29, 0.717) is 5.75 Å². The number of hydrogen-bond donors (Lipinski definition) is 1. The summed E-state index contributed by atoms with van der Waals surface area (Å²) in [5, 5.41) is 0.122. The molecule has 2 heterocycles. The fourth-order valence-electron chi connectivity index (χ4n) is 2.02. The van der Waals surface area contributed by atoms with Crippen molar-refractivity contribution in [3.05, 3.63) is 77.2 Å². The third-order valence-electron chi connectivity index (χ3n) is 3.32. The molecule has 3 rings (SSSR count). The van der Waals surface area contributed by atoms with Crippen molar-refractivity contribution < 1.29 is 26.8 Å². The molecule has 0 unspecified atom stereocenters. The summed E-state index contributed by atoms with van der Waals surface area (Å²) < 4.78 is 49.7. The van der Waals surface area contributed by atoms with Crippen LogP contribution in [-0.4, -0.2) is 19.3 Å². The molecular weight excluding hydrogens is 399 g/mol. The Kier molecular flexibility index (Phi) is 5.43. The highest BCUT2D eigenvalue weighted by atomic mass is 35.5. The van der Waals surface area contributed by atoms with Crippen LogP contribution in [0.3, 0.4) is 0 Å². The van der Waals surface area contributed by atoms with Crippen LogP contribution in [-0.2, 0) is 16.6 Å². The van der Waals surface area contributed by atoms with Gasteiger partial charge in [-0.3, -0.25) is 4.79 Å². The van der Waals surface area contributed by atoms with Crippen molar-refractivity contribution in [1.82, 2.24) is 9.71 Å². The van der Waals surface area contributed by atoms with Crippen molar-refractivity contribution in [3.8, 4) is 5.75 Å². The first-order chi connectivity index (χ1) is 12.8. The third kappa shape index (κ3) is 4.83. The zero-order valence-corrected chi connectivity index (χ0v) is 15.1. The Labute approximate surface area is 158 Å². The first-order valence-corrected chi connectivity index (χ1v) is 9.35. The van der Waals surface area contributed by atoms with E-state index < -0.39 is 21.7 Å². The van der Waals surface area contributed by atoms with E-state index in [1.807, 2.05) is 4.72 Å². The molecule has 1 aromatic carbocycles. The Morgan fingerprint density at radius 3 is 2.56 bits per heavy atom. The molecule has 0 saturated heterocycles. The van der Waals surface area contributed by atoms with Crippen LogP contribution in [0.5, 0.6) is 5.75 Å². The van der Waals surface area contributed by atoms with Crippen LogP contribution in [0.4, 0.5) is 4.39 Å². The predicted octanol–water partition coefficient (Wildman–Crippen LogP) is 3.16. The van der Waals surface area contributed by atoms with Crippen molar-refractivity contribution in [2.24, 2.45) is 0 Å². The topological polar surface area (TPSA) is 98.5 Å². The first kappa shape index (κ1) is 18.9. The summed E-state index contributed by atoms with van der Waals surface area (Å²) in [6.45, 7) is -0.0211. The second-order valence-electron chi connectivity index (χ2n) is 5.26. The molecule has 7 nitrogen and oxygen atoms in total. The number of carbonyl (C=O) groups excluding carboxylic acids is 1. The smallest absolute Gasteiger partial charge is 0.300 e. The second-order valence-corrected chi connectivity index (χ2v) is 7.33. The molecule has 0 spiro atoms. The fourth-order valence-corrected chi connectivity index (χ4v) is 3.03. The van der Waals surface area contributed by atoms with E-state index in [0.717, 1.165) is 6.20 Å². The molecule has 0 bridgehead atoms. The maximum Gasteiger partial charge on any atom is 0.300 e. The number of pyridine rings is 1. The zero-order valence-electron chi connectivity index (χ0n) is 13.6. The Balaban J connectivity index is 1.64. The lowest BCUT2D eigenvalue weighted by Crippen LogP contribution is -2.30. The number of furan rings is 1. The molecular formula is C17H12ClFN2O5S. The molecule has 10 heteroatoms. The Hall–Kier alpha value is -2.91. The molecule has 1 N–H and O–H groups in total. The van der Waals surface area contributed by atoms with Gasteiger partial charge in [0.25, 0.3) is 10.0 Å².